The van der Waals surface area contributed by atoms with Gasteiger partial charge in [-0.05, 0) is 60.6 Å². The molecule has 0 atom stereocenters. The maximum atomic E-state index is 13.6. The van der Waals surface area contributed by atoms with Crippen LogP contribution >= 0.6 is 0 Å². The van der Waals surface area contributed by atoms with Gasteiger partial charge in [-0.2, -0.15) is 0 Å². The molecule has 204 valence electrons. The highest BCUT2D eigenvalue weighted by atomic mass is 16.2. The Morgan fingerprint density at radius 2 is 1.46 bits per heavy atom. The number of rotatable bonds is 10. The zero-order chi connectivity index (χ0) is 27.9. The first-order valence-electron chi connectivity index (χ1n) is 13.9. The van der Waals surface area contributed by atoms with Crippen LogP contribution in [-0.4, -0.2) is 35.7 Å². The summed E-state index contributed by atoms with van der Waals surface area (Å²) in [4.78, 5) is 42.7. The van der Waals surface area contributed by atoms with E-state index in [4.69, 9.17) is 0 Å². The van der Waals surface area contributed by atoms with Crippen molar-refractivity contribution in [2.24, 2.45) is 11.8 Å². The highest BCUT2D eigenvalue weighted by Crippen LogP contribution is 2.38. The topological polar surface area (TPSA) is 69.7 Å². The van der Waals surface area contributed by atoms with E-state index >= 15 is 0 Å². The van der Waals surface area contributed by atoms with Gasteiger partial charge in [0.15, 0.2) is 0 Å². The van der Waals surface area contributed by atoms with E-state index in [1.807, 2.05) is 67.3 Å². The molecule has 3 aromatic rings. The van der Waals surface area contributed by atoms with Gasteiger partial charge in [-0.15, -0.1) is 0 Å². The molecule has 3 amide bonds. The van der Waals surface area contributed by atoms with Gasteiger partial charge in [0.2, 0.25) is 11.8 Å². The van der Waals surface area contributed by atoms with Crippen LogP contribution in [-0.2, 0) is 22.4 Å². The molecular weight excluding hydrogens is 486 g/mol. The predicted octanol–water partition coefficient (Wildman–Crippen LogP) is 6.62. The number of nitrogens with zero attached hydrogens (tertiary/aromatic N) is 2. The molecule has 0 unspecified atom stereocenters. The maximum absolute atomic E-state index is 13.6. The number of aryl methyl sites for hydroxylation is 1. The summed E-state index contributed by atoms with van der Waals surface area (Å²) < 4.78 is 0. The summed E-state index contributed by atoms with van der Waals surface area (Å²) in [5.41, 5.74) is 4.48. The van der Waals surface area contributed by atoms with Crippen LogP contribution in [0.25, 0.3) is 0 Å². The Bertz CT molecular complexity index is 1310. The van der Waals surface area contributed by atoms with Crippen molar-refractivity contribution in [2.45, 2.75) is 53.4 Å². The summed E-state index contributed by atoms with van der Waals surface area (Å²) in [5.74, 6) is 0.383. The van der Waals surface area contributed by atoms with Gasteiger partial charge >= 0.3 is 0 Å². The van der Waals surface area contributed by atoms with Crippen molar-refractivity contribution in [3.8, 4) is 0 Å². The molecule has 3 aromatic carbocycles. The van der Waals surface area contributed by atoms with Gasteiger partial charge in [-0.1, -0.05) is 76.2 Å². The molecule has 0 bridgehead atoms. The van der Waals surface area contributed by atoms with Crippen LogP contribution in [0, 0.1) is 11.8 Å². The lowest BCUT2D eigenvalue weighted by atomic mass is 10.0. The number of fused-ring (bicyclic) bond motifs is 2. The molecule has 0 aliphatic carbocycles. The smallest absolute Gasteiger partial charge is 0.257 e. The average molecular weight is 526 g/mol. The lowest BCUT2D eigenvalue weighted by Gasteiger charge is -2.26. The van der Waals surface area contributed by atoms with Crippen LogP contribution in [0.1, 0.15) is 62.0 Å². The zero-order valence-electron chi connectivity index (χ0n) is 23.4. The van der Waals surface area contributed by atoms with Crippen molar-refractivity contribution in [1.82, 2.24) is 4.90 Å². The Labute approximate surface area is 232 Å². The molecule has 0 aromatic heterocycles. The van der Waals surface area contributed by atoms with E-state index in [1.54, 1.807) is 17.0 Å². The summed E-state index contributed by atoms with van der Waals surface area (Å²) in [5, 5.41) is 2.93. The van der Waals surface area contributed by atoms with E-state index in [0.717, 1.165) is 37.9 Å². The number of amides is 3. The first-order chi connectivity index (χ1) is 18.7. The second kappa shape index (κ2) is 12.7. The Morgan fingerprint density at radius 1 is 0.821 bits per heavy atom. The molecular formula is C33H39N3O3. The largest absolute Gasteiger partial charge is 0.342 e. The zero-order valence-corrected chi connectivity index (χ0v) is 23.4. The molecule has 1 aliphatic heterocycles. The molecule has 6 nitrogen and oxygen atoms in total. The molecule has 0 fully saturated rings. The van der Waals surface area contributed by atoms with E-state index < -0.39 is 0 Å². The summed E-state index contributed by atoms with van der Waals surface area (Å²) >= 11 is 0. The Morgan fingerprint density at radius 3 is 2.15 bits per heavy atom. The summed E-state index contributed by atoms with van der Waals surface area (Å²) in [6, 6.07) is 22.8. The quantitative estimate of drug-likeness (QED) is 0.302. The lowest BCUT2D eigenvalue weighted by Crippen LogP contribution is -2.37. The minimum atomic E-state index is -0.224. The monoisotopic (exact) mass is 525 g/mol. The number of para-hydroxylation sites is 3. The van der Waals surface area contributed by atoms with Gasteiger partial charge in [0.25, 0.3) is 5.91 Å². The first kappa shape index (κ1) is 28.1. The molecule has 0 saturated carbocycles. The van der Waals surface area contributed by atoms with E-state index in [2.05, 4.69) is 31.3 Å². The molecule has 6 heteroatoms. The fourth-order valence-corrected chi connectivity index (χ4v) is 5.03. The minimum Gasteiger partial charge on any atom is -0.342 e. The molecule has 1 heterocycles. The van der Waals surface area contributed by atoms with E-state index in [1.165, 1.54) is 5.56 Å². The number of benzene rings is 3. The van der Waals surface area contributed by atoms with Crippen molar-refractivity contribution < 1.29 is 14.4 Å². The second-order valence-electron chi connectivity index (χ2n) is 11.0. The molecule has 4 rings (SSSR count). The van der Waals surface area contributed by atoms with E-state index in [-0.39, 0.29) is 30.1 Å². The van der Waals surface area contributed by atoms with Crippen LogP contribution < -0.4 is 10.2 Å². The van der Waals surface area contributed by atoms with Gasteiger partial charge in [0.05, 0.1) is 29.0 Å². The van der Waals surface area contributed by atoms with Crippen molar-refractivity contribution in [2.75, 3.05) is 23.3 Å². The van der Waals surface area contributed by atoms with Crippen LogP contribution in [0.4, 0.5) is 17.1 Å². The third kappa shape index (κ3) is 6.94. The van der Waals surface area contributed by atoms with Gasteiger partial charge in [0.1, 0.15) is 0 Å². The van der Waals surface area contributed by atoms with Crippen LogP contribution in [0.2, 0.25) is 0 Å². The standard InChI is InChI=1S/C33H39N3O3/c1-23(2)22-35(33(39)24(3)4)20-10-9-11-25-16-18-26(19-17-25)21-31(37)36-29-14-7-5-12-27(29)32(38)34-28-13-6-8-15-30(28)36/h5-8,12-19,23-24H,9-11,20-22H2,1-4H3,(H,34,38). The van der Waals surface area contributed by atoms with E-state index in [9.17, 15) is 14.4 Å². The van der Waals surface area contributed by atoms with Gasteiger partial charge in [-0.25, -0.2) is 0 Å². The van der Waals surface area contributed by atoms with E-state index in [0.29, 0.717) is 28.5 Å². The Hall–Kier alpha value is -3.93. The summed E-state index contributed by atoms with van der Waals surface area (Å²) in [6.07, 6.45) is 3.12. The predicted molar refractivity (Wildman–Crippen MR) is 157 cm³/mol. The van der Waals surface area contributed by atoms with Crippen LogP contribution in [0.5, 0.6) is 0 Å². The second-order valence-corrected chi connectivity index (χ2v) is 11.0. The number of carbonyl (C=O) groups excluding carboxylic acids is 3. The van der Waals surface area contributed by atoms with Crippen LogP contribution in [0.3, 0.4) is 0 Å². The molecule has 0 saturated heterocycles. The lowest BCUT2D eigenvalue weighted by molar-refractivity contribution is -0.135. The van der Waals surface area contributed by atoms with Crippen LogP contribution in [0.15, 0.2) is 72.8 Å². The molecule has 0 radical (unpaired) electrons. The van der Waals surface area contributed by atoms with Crippen molar-refractivity contribution in [1.29, 1.82) is 0 Å². The number of anilines is 3. The van der Waals surface area contributed by atoms with Gasteiger partial charge < -0.3 is 10.2 Å². The third-order valence-corrected chi connectivity index (χ3v) is 6.95. The minimum absolute atomic E-state index is 0.0204. The number of nitrogens with one attached hydrogen (secondary N) is 1. The Balaban J connectivity index is 1.39. The van der Waals surface area contributed by atoms with Crippen molar-refractivity contribution in [3.05, 3.63) is 89.5 Å². The number of hydrogen-bond acceptors (Lipinski definition) is 3. The highest BCUT2D eigenvalue weighted by Gasteiger charge is 2.29. The third-order valence-electron chi connectivity index (χ3n) is 6.95. The fraction of sp³-hybridized carbons (Fsp3) is 0.364. The molecule has 1 aliphatic rings. The SMILES string of the molecule is CC(C)CN(CCCCc1ccc(CC(=O)N2c3ccccc3NC(=O)c3ccccc32)cc1)C(=O)C(C)C. The molecule has 39 heavy (non-hydrogen) atoms. The van der Waals surface area contributed by atoms with Gasteiger partial charge in [0, 0.05) is 19.0 Å². The number of unbranched alkanes of at least 4 members (excludes halogenated alkanes) is 1. The molecule has 1 N–H and O–H groups in total. The number of hydrogen-bond donors (Lipinski definition) is 1. The van der Waals surface area contributed by atoms with Crippen molar-refractivity contribution >= 4 is 34.8 Å². The highest BCUT2D eigenvalue weighted by molar-refractivity contribution is 6.17. The normalized spacial score (nSPS) is 12.6. The molecule has 0 spiro atoms. The average Bonchev–Trinajstić information content (AvgIpc) is 3.04. The number of carbonyl (C=O) groups is 3. The summed E-state index contributed by atoms with van der Waals surface area (Å²) in [6.45, 7) is 9.81. The Kier molecular flexibility index (Phi) is 9.18. The van der Waals surface area contributed by atoms with Crippen molar-refractivity contribution in [3.63, 3.8) is 0 Å². The van der Waals surface area contributed by atoms with Gasteiger partial charge in [-0.3, -0.25) is 19.3 Å². The first-order valence-corrected chi connectivity index (χ1v) is 13.9. The summed E-state index contributed by atoms with van der Waals surface area (Å²) in [7, 11) is 0. The fourth-order valence-electron chi connectivity index (χ4n) is 5.03. The maximum Gasteiger partial charge on any atom is 0.257 e.